The molecule has 2 N–H and O–H groups in total. The molecule has 0 aromatic heterocycles. The van der Waals surface area contributed by atoms with Crippen LogP contribution in [0.1, 0.15) is 13.3 Å². The van der Waals surface area contributed by atoms with Gasteiger partial charge in [0.25, 0.3) is 5.92 Å². The summed E-state index contributed by atoms with van der Waals surface area (Å²) in [5, 5.41) is 17.8. The molecular weight excluding hydrogens is 202 g/mol. The van der Waals surface area contributed by atoms with Crippen LogP contribution in [0.4, 0.5) is 8.78 Å². The maximum absolute atomic E-state index is 13.2. The molecule has 1 unspecified atom stereocenters. The summed E-state index contributed by atoms with van der Waals surface area (Å²) in [6.07, 6.45) is 2.55. The monoisotopic (exact) mass is 216 g/mol. The van der Waals surface area contributed by atoms with E-state index in [0.717, 1.165) is 6.92 Å². The minimum absolute atomic E-state index is 0.0565. The first-order valence-corrected chi connectivity index (χ1v) is 4.63. The van der Waals surface area contributed by atoms with Crippen LogP contribution in [0.3, 0.4) is 0 Å². The third-order valence-corrected chi connectivity index (χ3v) is 2.51. The zero-order chi connectivity index (χ0) is 11.6. The Kier molecular flexibility index (Phi) is 3.42. The van der Waals surface area contributed by atoms with E-state index >= 15 is 0 Å². The van der Waals surface area contributed by atoms with Gasteiger partial charge in [0.1, 0.15) is 0 Å². The summed E-state index contributed by atoms with van der Waals surface area (Å²) in [6, 6.07) is 0. The summed E-state index contributed by atoms with van der Waals surface area (Å²) >= 11 is 0. The molecule has 84 valence electrons. The first-order valence-electron chi connectivity index (χ1n) is 4.63. The summed E-state index contributed by atoms with van der Waals surface area (Å²) in [5.74, 6) is -3.93. The number of hydrogen-bond acceptors (Lipinski definition) is 2. The maximum atomic E-state index is 13.2. The molecule has 0 aromatic carbocycles. The Labute approximate surface area is 87.2 Å². The minimum atomic E-state index is -2.89. The molecule has 1 atom stereocenters. The van der Waals surface area contributed by atoms with Gasteiger partial charge in [0, 0.05) is 0 Å². The number of hydrogen-bond donors (Lipinski definition) is 2. The average molecular weight is 216 g/mol. The van der Waals surface area contributed by atoms with Crippen molar-refractivity contribution >= 4 is 0 Å². The molecule has 4 heteroatoms. The lowest BCUT2D eigenvalue weighted by Crippen LogP contribution is -2.29. The molecule has 15 heavy (non-hydrogen) atoms. The summed E-state index contributed by atoms with van der Waals surface area (Å²) in [6.45, 7) is 4.28. The molecule has 0 heterocycles. The zero-order valence-corrected chi connectivity index (χ0v) is 8.45. The average Bonchev–Trinajstić information content (AvgIpc) is 2.15. The van der Waals surface area contributed by atoms with Crippen LogP contribution in [0.15, 0.2) is 36.0 Å². The zero-order valence-electron chi connectivity index (χ0n) is 8.45. The molecule has 2 nitrogen and oxygen atoms in total. The maximum Gasteiger partial charge on any atom is 0.252 e. The molecule has 1 aliphatic rings. The Hall–Kier alpha value is -1.00. The smallest absolute Gasteiger partial charge is 0.252 e. The van der Waals surface area contributed by atoms with E-state index in [1.165, 1.54) is 18.2 Å². The van der Waals surface area contributed by atoms with Crippen molar-refractivity contribution < 1.29 is 19.0 Å². The first-order chi connectivity index (χ1) is 6.86. The Bertz CT molecular complexity index is 311. The molecule has 0 spiro atoms. The number of aliphatic hydroxyl groups is 2. The molecule has 0 amide bonds. The van der Waals surface area contributed by atoms with Gasteiger partial charge in [-0.05, 0) is 24.5 Å². The summed E-state index contributed by atoms with van der Waals surface area (Å²) in [4.78, 5) is 0. The second-order valence-corrected chi connectivity index (χ2v) is 3.70. The van der Waals surface area contributed by atoms with Crippen molar-refractivity contribution in [2.45, 2.75) is 25.6 Å². The van der Waals surface area contributed by atoms with Crippen LogP contribution in [0.2, 0.25) is 0 Å². The van der Waals surface area contributed by atoms with Crippen molar-refractivity contribution in [1.82, 2.24) is 0 Å². The highest BCUT2D eigenvalue weighted by Crippen LogP contribution is 2.38. The highest BCUT2D eigenvalue weighted by molar-refractivity contribution is 5.34. The Balaban J connectivity index is 2.98. The fourth-order valence-corrected chi connectivity index (χ4v) is 1.61. The quantitative estimate of drug-likeness (QED) is 0.708. The molecule has 0 aliphatic heterocycles. The first kappa shape index (κ1) is 12.1. The van der Waals surface area contributed by atoms with Crippen molar-refractivity contribution in [3.8, 4) is 0 Å². The second kappa shape index (κ2) is 4.24. The highest BCUT2D eigenvalue weighted by atomic mass is 19.3. The Morgan fingerprint density at radius 3 is 2.53 bits per heavy atom. The second-order valence-electron chi connectivity index (χ2n) is 3.70. The van der Waals surface area contributed by atoms with Crippen LogP contribution >= 0.6 is 0 Å². The van der Waals surface area contributed by atoms with E-state index in [1.54, 1.807) is 0 Å². The van der Waals surface area contributed by atoms with Crippen molar-refractivity contribution in [2.75, 3.05) is 0 Å². The third kappa shape index (κ3) is 2.73. The number of halogens is 2. The largest absolute Gasteiger partial charge is 0.365 e. The van der Waals surface area contributed by atoms with Gasteiger partial charge in [0.15, 0.2) is 6.29 Å². The number of alkyl halides is 2. The van der Waals surface area contributed by atoms with E-state index in [-0.39, 0.29) is 12.0 Å². The van der Waals surface area contributed by atoms with Crippen molar-refractivity contribution in [3.63, 3.8) is 0 Å². The van der Waals surface area contributed by atoms with E-state index < -0.39 is 18.1 Å². The topological polar surface area (TPSA) is 40.5 Å². The van der Waals surface area contributed by atoms with Crippen molar-refractivity contribution in [3.05, 3.63) is 36.0 Å². The molecule has 1 rings (SSSR count). The fourth-order valence-electron chi connectivity index (χ4n) is 1.61. The molecule has 0 bridgehead atoms. The summed E-state index contributed by atoms with van der Waals surface area (Å²) in [7, 11) is 0. The predicted octanol–water partition coefficient (Wildman–Crippen LogP) is 2.01. The van der Waals surface area contributed by atoms with Crippen molar-refractivity contribution in [2.24, 2.45) is 5.92 Å². The Morgan fingerprint density at radius 2 is 2.13 bits per heavy atom. The predicted molar refractivity (Wildman–Crippen MR) is 53.3 cm³/mol. The van der Waals surface area contributed by atoms with Gasteiger partial charge in [-0.1, -0.05) is 24.8 Å². The van der Waals surface area contributed by atoms with Crippen LogP contribution in [0, 0.1) is 5.92 Å². The van der Waals surface area contributed by atoms with Gasteiger partial charge in [0.2, 0.25) is 0 Å². The molecule has 0 saturated carbocycles. The van der Waals surface area contributed by atoms with Gasteiger partial charge in [-0.2, -0.15) is 0 Å². The molecule has 0 radical (unpaired) electrons. The van der Waals surface area contributed by atoms with Crippen LogP contribution in [-0.4, -0.2) is 22.4 Å². The highest BCUT2D eigenvalue weighted by Gasteiger charge is 2.38. The summed E-state index contributed by atoms with van der Waals surface area (Å²) < 4.78 is 26.4. The van der Waals surface area contributed by atoms with E-state index in [9.17, 15) is 8.78 Å². The van der Waals surface area contributed by atoms with E-state index in [0.29, 0.717) is 5.57 Å². The molecule has 0 aromatic rings. The lowest BCUT2D eigenvalue weighted by atomic mass is 9.83. The van der Waals surface area contributed by atoms with Crippen LogP contribution < -0.4 is 0 Å². The molecular formula is C11H14F2O2. The van der Waals surface area contributed by atoms with Gasteiger partial charge >= 0.3 is 0 Å². The molecule has 1 aliphatic carbocycles. The standard InChI is InChI=1S/C11H14F2O2/c1-3-7-4-5-8(10(14)15)6-9(7)11(2,12)13/h3-5,9-10,14-15H,1,6H2,2H3. The fraction of sp³-hybridized carbons (Fsp3) is 0.455. The van der Waals surface area contributed by atoms with Gasteiger partial charge in [-0.25, -0.2) is 8.78 Å². The van der Waals surface area contributed by atoms with E-state index in [1.807, 2.05) is 0 Å². The number of aliphatic hydroxyl groups excluding tert-OH is 1. The van der Waals surface area contributed by atoms with Crippen molar-refractivity contribution in [1.29, 1.82) is 0 Å². The summed E-state index contributed by atoms with van der Waals surface area (Å²) in [5.41, 5.74) is 0.624. The van der Waals surface area contributed by atoms with Crippen LogP contribution in [0.25, 0.3) is 0 Å². The van der Waals surface area contributed by atoms with E-state index in [2.05, 4.69) is 6.58 Å². The van der Waals surface area contributed by atoms with Gasteiger partial charge in [0.05, 0.1) is 5.92 Å². The van der Waals surface area contributed by atoms with Gasteiger partial charge in [-0.15, -0.1) is 0 Å². The van der Waals surface area contributed by atoms with Crippen LogP contribution in [0.5, 0.6) is 0 Å². The Morgan fingerprint density at radius 1 is 1.53 bits per heavy atom. The van der Waals surface area contributed by atoms with Gasteiger partial charge in [-0.3, -0.25) is 0 Å². The van der Waals surface area contributed by atoms with E-state index in [4.69, 9.17) is 10.2 Å². The number of rotatable bonds is 3. The lowest BCUT2D eigenvalue weighted by molar-refractivity contribution is -0.0396. The van der Waals surface area contributed by atoms with Crippen LogP contribution in [-0.2, 0) is 0 Å². The normalized spacial score (nSPS) is 22.4. The lowest BCUT2D eigenvalue weighted by Gasteiger charge is -2.28. The minimum Gasteiger partial charge on any atom is -0.365 e. The SMILES string of the molecule is C=CC1=CC=C(C(O)O)CC1C(C)(F)F. The van der Waals surface area contributed by atoms with Gasteiger partial charge < -0.3 is 10.2 Å². The number of allylic oxidation sites excluding steroid dienone is 4. The molecule has 0 saturated heterocycles. The third-order valence-electron chi connectivity index (χ3n) is 2.51. The molecule has 0 fully saturated rings.